The van der Waals surface area contributed by atoms with Gasteiger partial charge in [0, 0.05) is 0 Å². The summed E-state index contributed by atoms with van der Waals surface area (Å²) in [6.45, 7) is 27.8. The number of pyridine rings is 2. The molecule has 10 heteroatoms. The minimum atomic E-state index is -1.44. The van der Waals surface area contributed by atoms with Gasteiger partial charge < -0.3 is 0 Å². The zero-order chi connectivity index (χ0) is 25.1. The number of halogens is 2. The van der Waals surface area contributed by atoms with Gasteiger partial charge in [-0.05, 0) is 44.4 Å². The largest absolute Gasteiger partial charge is 1.00 e. The Morgan fingerprint density at radius 2 is 0.735 bits per heavy atom. The summed E-state index contributed by atoms with van der Waals surface area (Å²) < 4.78 is 26.4. The normalized spacial score (nSPS) is 11.9. The van der Waals surface area contributed by atoms with Crippen molar-refractivity contribution in [2.45, 2.75) is 78.6 Å². The Labute approximate surface area is 232 Å². The van der Waals surface area contributed by atoms with Crippen molar-refractivity contribution in [2.75, 3.05) is 0 Å². The molecule has 2 nitrogen and oxygen atoms in total. The fourth-order valence-electron chi connectivity index (χ4n) is 4.88. The van der Waals surface area contributed by atoms with E-state index in [-0.39, 0.29) is 46.0 Å². The number of hydrogen-bond acceptors (Lipinski definition) is 2. The molecule has 2 heterocycles. The Hall–Kier alpha value is -0.194. The van der Waals surface area contributed by atoms with Crippen molar-refractivity contribution in [1.82, 2.24) is 9.97 Å². The predicted octanol–water partition coefficient (Wildman–Crippen LogP) is 7.79. The molecule has 0 amide bonds. The van der Waals surface area contributed by atoms with E-state index in [0.717, 1.165) is 11.4 Å². The summed E-state index contributed by atoms with van der Waals surface area (Å²) in [5.41, 5.74) is 1.77. The molecule has 0 aliphatic heterocycles. The SMILES string of the molecule is C[Si](C)(C)[C-](c1cccc(F)n1)[Si](C)(C)C.C[Si](C)(C)[C-](c1cccc(F)n1)[Si](C)(C)C.[Cu+].[Cu+]. The van der Waals surface area contributed by atoms with Gasteiger partial charge in [0.05, 0.1) is 0 Å². The van der Waals surface area contributed by atoms with Crippen LogP contribution in [0.4, 0.5) is 8.78 Å². The Balaban J connectivity index is 0. The van der Waals surface area contributed by atoms with Crippen molar-refractivity contribution in [1.29, 1.82) is 0 Å². The average molecular weight is 636 g/mol. The van der Waals surface area contributed by atoms with Gasteiger partial charge in [-0.3, -0.25) is 9.97 Å². The molecule has 2 aromatic heterocycles. The topological polar surface area (TPSA) is 25.8 Å². The molecule has 0 atom stereocenters. The maximum Gasteiger partial charge on any atom is 1.00 e. The molecule has 0 saturated carbocycles. The molecule has 2 aromatic rings. The van der Waals surface area contributed by atoms with E-state index in [1.54, 1.807) is 12.1 Å². The molecule has 2 rings (SSSR count). The minimum absolute atomic E-state index is 0. The van der Waals surface area contributed by atoms with Gasteiger partial charge in [0.25, 0.3) is 0 Å². The molecule has 200 valence electrons. The van der Waals surface area contributed by atoms with Gasteiger partial charge in [0.1, 0.15) is 0 Å². The van der Waals surface area contributed by atoms with Crippen LogP contribution in [0.2, 0.25) is 78.6 Å². The molecule has 0 fully saturated rings. The second kappa shape index (κ2) is 13.4. The molecule has 0 saturated heterocycles. The summed E-state index contributed by atoms with van der Waals surface area (Å²) >= 11 is 0. The van der Waals surface area contributed by atoms with Crippen LogP contribution in [0.5, 0.6) is 0 Å². The molecule has 0 radical (unpaired) electrons. The smallest absolute Gasteiger partial charge is 0.260 e. The zero-order valence-corrected chi connectivity index (χ0v) is 28.6. The third-order valence-corrected chi connectivity index (χ3v) is 21.0. The fraction of sp³-hybridized carbons (Fsp3) is 0.500. The summed E-state index contributed by atoms with van der Waals surface area (Å²) in [4.78, 5) is 8.14. The quantitative estimate of drug-likeness (QED) is 0.184. The second-order valence-electron chi connectivity index (χ2n) is 12.4. The number of rotatable bonds is 6. The second-order valence-corrected chi connectivity index (χ2v) is 33.4. The van der Waals surface area contributed by atoms with Crippen LogP contribution in [0.15, 0.2) is 36.4 Å². The van der Waals surface area contributed by atoms with Gasteiger partial charge in [-0.1, -0.05) is 90.0 Å². The third-order valence-electron chi connectivity index (χ3n) is 4.94. The Bertz CT molecular complexity index is 789. The number of hydrogen-bond donors (Lipinski definition) is 0. The van der Waals surface area contributed by atoms with Gasteiger partial charge in [0.15, 0.2) is 0 Å². The van der Waals surface area contributed by atoms with E-state index in [0.29, 0.717) is 0 Å². The van der Waals surface area contributed by atoms with Crippen LogP contribution < -0.4 is 0 Å². The Morgan fingerprint density at radius 3 is 0.912 bits per heavy atom. The molecule has 0 spiro atoms. The molecule has 0 unspecified atom stereocenters. The van der Waals surface area contributed by atoms with Gasteiger partial charge >= 0.3 is 34.1 Å². The van der Waals surface area contributed by atoms with Gasteiger partial charge in [-0.15, -0.1) is 12.1 Å². The molecule has 0 bridgehead atoms. The standard InChI is InChI=1S/2C12H21FNSi2.2Cu/c2*1-15(2,3)12(16(4,5)6)10-8-7-9-11(13)14-10;;/h2*7-9H,1-6H3;;/q2*-1;2*+1. The monoisotopic (exact) mass is 634 g/mol. The molecule has 0 aromatic carbocycles. The molecular weight excluding hydrogens is 594 g/mol. The van der Waals surface area contributed by atoms with Crippen molar-refractivity contribution in [3.05, 3.63) is 70.0 Å². The Morgan fingerprint density at radius 1 is 0.500 bits per heavy atom. The van der Waals surface area contributed by atoms with E-state index in [2.05, 4.69) is 88.5 Å². The van der Waals surface area contributed by atoms with E-state index < -0.39 is 32.3 Å². The first kappa shape index (κ1) is 36.0. The van der Waals surface area contributed by atoms with Crippen molar-refractivity contribution in [2.24, 2.45) is 0 Å². The summed E-state index contributed by atoms with van der Waals surface area (Å²) in [7, 11) is -5.75. The number of aromatic nitrogens is 2. The van der Waals surface area contributed by atoms with Crippen molar-refractivity contribution in [3.8, 4) is 0 Å². The van der Waals surface area contributed by atoms with Crippen LogP contribution in [0.3, 0.4) is 0 Å². The summed E-state index contributed by atoms with van der Waals surface area (Å²) in [6, 6.07) is 10.3. The van der Waals surface area contributed by atoms with E-state index in [9.17, 15) is 8.78 Å². The summed E-state index contributed by atoms with van der Waals surface area (Å²) in [5, 5.41) is 2.92. The van der Waals surface area contributed by atoms with Crippen molar-refractivity contribution in [3.63, 3.8) is 0 Å². The average Bonchev–Trinajstić information content (AvgIpc) is 2.49. The van der Waals surface area contributed by atoms with Crippen LogP contribution in [0, 0.1) is 22.2 Å². The third kappa shape index (κ3) is 11.2. The van der Waals surface area contributed by atoms with E-state index in [4.69, 9.17) is 0 Å². The summed E-state index contributed by atoms with van der Waals surface area (Å²) in [6.07, 6.45) is 0. The van der Waals surface area contributed by atoms with Crippen LogP contribution in [-0.4, -0.2) is 42.3 Å². The molecule has 34 heavy (non-hydrogen) atoms. The zero-order valence-electron chi connectivity index (χ0n) is 22.7. The van der Waals surface area contributed by atoms with Gasteiger partial charge in [-0.25, -0.2) is 0 Å². The summed E-state index contributed by atoms with van der Waals surface area (Å²) in [5.74, 6) is -0.738. The molecule has 0 aliphatic rings. The minimum Gasteiger partial charge on any atom is -0.260 e. The fourth-order valence-corrected chi connectivity index (χ4v) is 26.5. The first-order valence-electron chi connectivity index (χ1n) is 11.3. The van der Waals surface area contributed by atoms with Gasteiger partial charge in [0.2, 0.25) is 11.9 Å². The van der Waals surface area contributed by atoms with Crippen LogP contribution in [0.25, 0.3) is 0 Å². The molecule has 0 N–H and O–H groups in total. The van der Waals surface area contributed by atoms with Crippen LogP contribution >= 0.6 is 0 Å². The van der Waals surface area contributed by atoms with E-state index in [1.165, 1.54) is 22.5 Å². The van der Waals surface area contributed by atoms with Crippen LogP contribution in [0.1, 0.15) is 11.4 Å². The maximum atomic E-state index is 13.2. The number of nitrogens with zero attached hydrogens (tertiary/aromatic N) is 2. The maximum absolute atomic E-state index is 13.2. The van der Waals surface area contributed by atoms with E-state index in [1.807, 2.05) is 12.1 Å². The molecule has 0 aliphatic carbocycles. The predicted molar refractivity (Wildman–Crippen MR) is 146 cm³/mol. The first-order chi connectivity index (χ1) is 14.2. The van der Waals surface area contributed by atoms with Crippen molar-refractivity contribution < 1.29 is 42.9 Å². The van der Waals surface area contributed by atoms with E-state index >= 15 is 0 Å². The Kier molecular flexibility index (Phi) is 14.2. The van der Waals surface area contributed by atoms with Crippen LogP contribution in [-0.2, 0) is 34.1 Å². The van der Waals surface area contributed by atoms with Gasteiger partial charge in [-0.2, -0.15) is 31.2 Å². The molecular formula is C24H42Cu2F2N2Si4. The van der Waals surface area contributed by atoms with Crippen molar-refractivity contribution >= 4 is 32.3 Å². The first-order valence-corrected chi connectivity index (χ1v) is 25.3.